The molecule has 0 nitrogen and oxygen atoms in total. The van der Waals surface area contributed by atoms with Crippen molar-refractivity contribution in [1.29, 1.82) is 0 Å². The van der Waals surface area contributed by atoms with Gasteiger partial charge in [-0.25, -0.2) is 0 Å². The lowest BCUT2D eigenvalue weighted by Crippen LogP contribution is -2.26. The van der Waals surface area contributed by atoms with Crippen molar-refractivity contribution < 1.29 is 0 Å². The summed E-state index contributed by atoms with van der Waals surface area (Å²) in [6.45, 7) is 0. The summed E-state index contributed by atoms with van der Waals surface area (Å²) < 4.78 is 5.38. The largest absolute Gasteiger partial charge is 0.135 e. The molecule has 0 radical (unpaired) electrons. The van der Waals surface area contributed by atoms with E-state index in [1.807, 2.05) is 22.7 Å². The minimum absolute atomic E-state index is 0.437. The van der Waals surface area contributed by atoms with E-state index in [2.05, 4.69) is 182 Å². The van der Waals surface area contributed by atoms with Crippen molar-refractivity contribution in [1.82, 2.24) is 0 Å². The summed E-state index contributed by atoms with van der Waals surface area (Å²) in [5.41, 5.74) is 12.9. The highest BCUT2D eigenvalue weighted by atomic mass is 32.1. The molecule has 2 heterocycles. The number of benzene rings is 10. The lowest BCUT2D eigenvalue weighted by Gasteiger charge is -2.31. The SMILES string of the molecule is c1ccc2c(c1)sc1c(-c3ccc4c(c3)-c3cc(-c5cccc6c5sc5ccccc56)ccc3C43c4cccc5c6ccccc6c6cccc3c6c45)cccc12. The lowest BCUT2D eigenvalue weighted by molar-refractivity contribution is 0.797. The molecular formula is C55H30S2. The van der Waals surface area contributed by atoms with Gasteiger partial charge in [0.1, 0.15) is 0 Å². The Morgan fingerprint density at radius 3 is 1.18 bits per heavy atom. The molecule has 0 bridgehead atoms. The Morgan fingerprint density at radius 1 is 0.281 bits per heavy atom. The number of thiophene rings is 2. The van der Waals surface area contributed by atoms with Gasteiger partial charge in [0.05, 0.1) is 5.41 Å². The average Bonchev–Trinajstić information content (AvgIpc) is 4.01. The van der Waals surface area contributed by atoms with Crippen LogP contribution in [0.15, 0.2) is 182 Å². The Kier molecular flexibility index (Phi) is 5.82. The highest BCUT2D eigenvalue weighted by Crippen LogP contribution is 2.64. The number of hydrogen-bond acceptors (Lipinski definition) is 2. The van der Waals surface area contributed by atoms with Crippen LogP contribution < -0.4 is 0 Å². The summed E-state index contributed by atoms with van der Waals surface area (Å²) in [5, 5.41) is 13.5. The molecule has 0 N–H and O–H groups in total. The summed E-state index contributed by atoms with van der Waals surface area (Å²) in [6.07, 6.45) is 0. The maximum absolute atomic E-state index is 2.52. The molecule has 2 aliphatic rings. The van der Waals surface area contributed by atoms with Crippen LogP contribution >= 0.6 is 22.7 Å². The summed E-state index contributed by atoms with van der Waals surface area (Å²) >= 11 is 3.82. The van der Waals surface area contributed by atoms with E-state index in [0.29, 0.717) is 0 Å². The second kappa shape index (κ2) is 10.8. The molecule has 12 aromatic rings. The van der Waals surface area contributed by atoms with E-state index in [1.54, 1.807) is 0 Å². The smallest absolute Gasteiger partial charge is 0.0726 e. The average molecular weight is 755 g/mol. The van der Waals surface area contributed by atoms with Gasteiger partial charge >= 0.3 is 0 Å². The molecular weight excluding hydrogens is 725 g/mol. The van der Waals surface area contributed by atoms with E-state index in [9.17, 15) is 0 Å². The van der Waals surface area contributed by atoms with Crippen molar-refractivity contribution in [3.05, 3.63) is 204 Å². The van der Waals surface area contributed by atoms with Gasteiger partial charge in [0.2, 0.25) is 0 Å². The van der Waals surface area contributed by atoms with Gasteiger partial charge in [-0.2, -0.15) is 0 Å². The Bertz CT molecular complexity index is 3510. The molecule has 10 aromatic carbocycles. The highest BCUT2D eigenvalue weighted by Gasteiger charge is 2.51. The van der Waals surface area contributed by atoms with Gasteiger partial charge in [-0.3, -0.25) is 0 Å². The maximum atomic E-state index is 2.52. The Balaban J connectivity index is 1.10. The summed E-state index contributed by atoms with van der Waals surface area (Å²) in [4.78, 5) is 0. The summed E-state index contributed by atoms with van der Waals surface area (Å²) in [5.74, 6) is 0. The van der Waals surface area contributed by atoms with Crippen molar-refractivity contribution >= 4 is 95.3 Å². The number of rotatable bonds is 2. The molecule has 2 aliphatic carbocycles. The van der Waals surface area contributed by atoms with Crippen molar-refractivity contribution in [3.8, 4) is 33.4 Å². The molecule has 2 heteroatoms. The van der Waals surface area contributed by atoms with Crippen LogP contribution in [-0.2, 0) is 5.41 Å². The molecule has 0 fully saturated rings. The highest BCUT2D eigenvalue weighted by molar-refractivity contribution is 7.26. The molecule has 14 rings (SSSR count). The first kappa shape index (κ1) is 30.6. The first-order valence-electron chi connectivity index (χ1n) is 19.8. The van der Waals surface area contributed by atoms with Gasteiger partial charge in [0.15, 0.2) is 0 Å². The zero-order chi connectivity index (χ0) is 37.0. The Labute approximate surface area is 336 Å². The molecule has 262 valence electrons. The third kappa shape index (κ3) is 3.74. The second-order valence-corrected chi connectivity index (χ2v) is 17.9. The first-order chi connectivity index (χ1) is 28.3. The van der Waals surface area contributed by atoms with E-state index in [0.717, 1.165) is 0 Å². The van der Waals surface area contributed by atoms with Crippen molar-refractivity contribution in [3.63, 3.8) is 0 Å². The first-order valence-corrected chi connectivity index (χ1v) is 21.4. The van der Waals surface area contributed by atoms with Gasteiger partial charge in [-0.1, -0.05) is 158 Å². The quantitative estimate of drug-likeness (QED) is 0.154. The van der Waals surface area contributed by atoms with Crippen LogP contribution in [0.4, 0.5) is 0 Å². The van der Waals surface area contributed by atoms with Gasteiger partial charge in [-0.05, 0) is 112 Å². The summed E-state index contributed by atoms with van der Waals surface area (Å²) in [7, 11) is 0. The molecule has 0 unspecified atom stereocenters. The van der Waals surface area contributed by atoms with E-state index in [1.165, 1.54) is 128 Å². The molecule has 0 saturated carbocycles. The molecule has 1 spiro atoms. The molecule has 0 amide bonds. The zero-order valence-corrected chi connectivity index (χ0v) is 32.3. The predicted octanol–water partition coefficient (Wildman–Crippen LogP) is 15.9. The maximum Gasteiger partial charge on any atom is 0.0726 e. The van der Waals surface area contributed by atoms with Gasteiger partial charge < -0.3 is 0 Å². The number of hydrogen-bond donors (Lipinski definition) is 0. The molecule has 2 aromatic heterocycles. The topological polar surface area (TPSA) is 0 Å². The van der Waals surface area contributed by atoms with Crippen LogP contribution in [0.25, 0.3) is 106 Å². The van der Waals surface area contributed by atoms with E-state index >= 15 is 0 Å². The van der Waals surface area contributed by atoms with Gasteiger partial charge in [-0.15, -0.1) is 22.7 Å². The van der Waals surface area contributed by atoms with Crippen molar-refractivity contribution in [2.75, 3.05) is 0 Å². The van der Waals surface area contributed by atoms with Crippen LogP contribution in [0.5, 0.6) is 0 Å². The fraction of sp³-hybridized carbons (Fsp3) is 0.0182. The zero-order valence-electron chi connectivity index (χ0n) is 30.6. The Morgan fingerprint density at radius 2 is 0.684 bits per heavy atom. The van der Waals surface area contributed by atoms with Crippen molar-refractivity contribution in [2.45, 2.75) is 5.41 Å². The molecule has 0 aliphatic heterocycles. The van der Waals surface area contributed by atoms with Crippen LogP contribution in [0.2, 0.25) is 0 Å². The van der Waals surface area contributed by atoms with E-state index in [-0.39, 0.29) is 0 Å². The fourth-order valence-electron chi connectivity index (χ4n) is 11.0. The van der Waals surface area contributed by atoms with Crippen molar-refractivity contribution in [2.24, 2.45) is 0 Å². The van der Waals surface area contributed by atoms with Crippen LogP contribution in [0.3, 0.4) is 0 Å². The molecule has 57 heavy (non-hydrogen) atoms. The minimum Gasteiger partial charge on any atom is -0.135 e. The third-order valence-corrected chi connectivity index (χ3v) is 15.7. The van der Waals surface area contributed by atoms with Gasteiger partial charge in [0.25, 0.3) is 0 Å². The van der Waals surface area contributed by atoms with Crippen LogP contribution in [-0.4, -0.2) is 0 Å². The second-order valence-electron chi connectivity index (χ2n) is 15.8. The fourth-order valence-corrected chi connectivity index (χ4v) is 13.5. The third-order valence-electron chi connectivity index (χ3n) is 13.3. The standard InChI is InChI=1S/C55H30S2/c1-2-12-36-35(11-1)39-17-9-21-47-51(39)52-40(36)18-10-22-48(52)55(47)45-27-25-31(33-15-7-19-41-37-13-3-5-23-49(37)56-53(33)41)29-43(45)44-30-32(26-28-46(44)55)34-16-8-20-42-38-14-4-6-24-50(38)57-54(34)42/h1-30H. The van der Waals surface area contributed by atoms with E-state index < -0.39 is 5.41 Å². The molecule has 0 atom stereocenters. The summed E-state index contributed by atoms with van der Waals surface area (Å²) in [6, 6.07) is 69.3. The van der Waals surface area contributed by atoms with Crippen LogP contribution in [0.1, 0.15) is 22.3 Å². The molecule has 0 saturated heterocycles. The Hall–Kier alpha value is -6.58. The number of fused-ring (bicyclic) bond motifs is 16. The van der Waals surface area contributed by atoms with Crippen LogP contribution in [0, 0.1) is 0 Å². The minimum atomic E-state index is -0.437. The monoisotopic (exact) mass is 754 g/mol. The van der Waals surface area contributed by atoms with E-state index in [4.69, 9.17) is 0 Å². The lowest BCUT2D eigenvalue weighted by atomic mass is 9.70. The van der Waals surface area contributed by atoms with Gasteiger partial charge in [0, 0.05) is 40.3 Å². The predicted molar refractivity (Wildman–Crippen MR) is 246 cm³/mol. The normalized spacial score (nSPS) is 13.8.